The van der Waals surface area contributed by atoms with Gasteiger partial charge < -0.3 is 0 Å². The molecule has 1 aromatic rings. The Labute approximate surface area is 91.5 Å². The number of rotatable bonds is 2. The maximum atomic E-state index is 10.3. The van der Waals surface area contributed by atoms with Crippen molar-refractivity contribution in [3.8, 4) is 11.8 Å². The summed E-state index contributed by atoms with van der Waals surface area (Å²) in [5.74, 6) is 5.45. The van der Waals surface area contributed by atoms with E-state index in [1.807, 2.05) is 0 Å². The fourth-order valence-electron chi connectivity index (χ4n) is 1.76. The van der Waals surface area contributed by atoms with Crippen molar-refractivity contribution in [1.82, 2.24) is 0 Å². The molecule has 0 aliphatic carbocycles. The maximum absolute atomic E-state index is 10.3. The second kappa shape index (κ2) is 5.36. The molecule has 0 atom stereocenters. The molecule has 1 nitrogen and oxygen atoms in total. The Morgan fingerprint density at radius 3 is 2.13 bits per heavy atom. The summed E-state index contributed by atoms with van der Waals surface area (Å²) in [5, 5.41) is 0. The summed E-state index contributed by atoms with van der Waals surface area (Å²) in [6, 6.07) is 4.29. The first-order valence-corrected chi connectivity index (χ1v) is 5.30. The van der Waals surface area contributed by atoms with Gasteiger partial charge in [0.05, 0.1) is 0 Å². The lowest BCUT2D eigenvalue weighted by atomic mass is 9.95. The highest BCUT2D eigenvalue weighted by atomic mass is 16.1. The highest BCUT2D eigenvalue weighted by Gasteiger charge is 2.04. The first-order valence-electron chi connectivity index (χ1n) is 5.30. The van der Waals surface area contributed by atoms with Gasteiger partial charge in [0.2, 0.25) is 0 Å². The highest BCUT2D eigenvalue weighted by molar-refractivity contribution is 5.74. The molecule has 78 valence electrons. The quantitative estimate of drug-likeness (QED) is 0.530. The largest absolute Gasteiger partial charge is 0.289 e. The van der Waals surface area contributed by atoms with Crippen molar-refractivity contribution in [3.05, 3.63) is 34.4 Å². The summed E-state index contributed by atoms with van der Waals surface area (Å²) in [5.41, 5.74) is 4.78. The fraction of sp³-hybridized carbons (Fsp3) is 0.357. The van der Waals surface area contributed by atoms with Gasteiger partial charge in [-0.25, -0.2) is 0 Å². The maximum Gasteiger partial charge on any atom is 0.193 e. The summed E-state index contributed by atoms with van der Waals surface area (Å²) in [4.78, 5) is 10.3. The van der Waals surface area contributed by atoms with Gasteiger partial charge in [0.15, 0.2) is 6.29 Å². The average molecular weight is 200 g/mol. The van der Waals surface area contributed by atoms with E-state index in [-0.39, 0.29) is 0 Å². The normalized spacial score (nSPS) is 9.27. The van der Waals surface area contributed by atoms with Crippen LogP contribution in [0.3, 0.4) is 0 Å². The topological polar surface area (TPSA) is 17.1 Å². The van der Waals surface area contributed by atoms with E-state index in [9.17, 15) is 4.79 Å². The Kier molecular flexibility index (Phi) is 4.12. The highest BCUT2D eigenvalue weighted by Crippen LogP contribution is 2.18. The van der Waals surface area contributed by atoms with Crippen molar-refractivity contribution in [1.29, 1.82) is 0 Å². The second-order valence-corrected chi connectivity index (χ2v) is 3.55. The Morgan fingerprint density at radius 2 is 1.73 bits per heavy atom. The molecule has 1 rings (SSSR count). The molecule has 0 saturated carbocycles. The molecule has 1 aromatic carbocycles. The minimum atomic E-state index is 0.652. The molecule has 1 heteroatoms. The third-order valence-electron chi connectivity index (χ3n) is 2.46. The van der Waals surface area contributed by atoms with E-state index in [0.29, 0.717) is 6.29 Å². The van der Waals surface area contributed by atoms with E-state index in [4.69, 9.17) is 0 Å². The molecule has 0 amide bonds. The van der Waals surface area contributed by atoms with Crippen LogP contribution >= 0.6 is 0 Å². The number of benzene rings is 1. The molecular weight excluding hydrogens is 184 g/mol. The van der Waals surface area contributed by atoms with Crippen LogP contribution in [-0.2, 0) is 17.6 Å². The van der Waals surface area contributed by atoms with Gasteiger partial charge in [0, 0.05) is 5.56 Å². The lowest BCUT2D eigenvalue weighted by molar-refractivity contribution is -0.103. The van der Waals surface area contributed by atoms with Crippen LogP contribution in [-0.4, -0.2) is 6.29 Å². The molecule has 0 aliphatic heterocycles. The van der Waals surface area contributed by atoms with Gasteiger partial charge in [-0.3, -0.25) is 4.79 Å². The van der Waals surface area contributed by atoms with E-state index in [0.717, 1.165) is 18.4 Å². The van der Waals surface area contributed by atoms with Crippen molar-refractivity contribution in [3.63, 3.8) is 0 Å². The van der Waals surface area contributed by atoms with Crippen molar-refractivity contribution in [2.75, 3.05) is 0 Å². The number of carbonyl (C=O) groups excluding carboxylic acids is 1. The first-order chi connectivity index (χ1) is 7.22. The monoisotopic (exact) mass is 200 g/mol. The molecule has 0 aliphatic rings. The van der Waals surface area contributed by atoms with Crippen LogP contribution in [0.4, 0.5) is 0 Å². The van der Waals surface area contributed by atoms with E-state index in [1.165, 1.54) is 16.7 Å². The summed E-state index contributed by atoms with van der Waals surface area (Å²) < 4.78 is 0. The third kappa shape index (κ3) is 2.70. The van der Waals surface area contributed by atoms with E-state index in [2.05, 4.69) is 44.7 Å². The molecule has 0 N–H and O–H groups in total. The Bertz CT molecular complexity index is 394. The van der Waals surface area contributed by atoms with Crippen LogP contribution in [0, 0.1) is 18.8 Å². The van der Waals surface area contributed by atoms with Crippen molar-refractivity contribution in [2.24, 2.45) is 0 Å². The summed E-state index contributed by atoms with van der Waals surface area (Å²) in [6.45, 7) is 6.32. The molecule has 0 aromatic heterocycles. The second-order valence-electron chi connectivity index (χ2n) is 3.55. The smallest absolute Gasteiger partial charge is 0.193 e. The van der Waals surface area contributed by atoms with Gasteiger partial charge in [-0.2, -0.15) is 0 Å². The van der Waals surface area contributed by atoms with Crippen LogP contribution in [0.1, 0.15) is 36.1 Å². The molecule has 0 heterocycles. The fourth-order valence-corrected chi connectivity index (χ4v) is 1.76. The van der Waals surface area contributed by atoms with Gasteiger partial charge in [-0.1, -0.05) is 37.5 Å². The predicted molar refractivity (Wildman–Crippen MR) is 62.9 cm³/mol. The number of aldehydes is 1. The molecule has 0 spiro atoms. The number of hydrogen-bond acceptors (Lipinski definition) is 1. The van der Waals surface area contributed by atoms with E-state index in [1.54, 1.807) is 0 Å². The molecule has 15 heavy (non-hydrogen) atoms. The van der Waals surface area contributed by atoms with Gasteiger partial charge >= 0.3 is 0 Å². The van der Waals surface area contributed by atoms with Crippen LogP contribution in [0.25, 0.3) is 0 Å². The molecular formula is C14H16O. The number of aryl methyl sites for hydroxylation is 3. The van der Waals surface area contributed by atoms with Crippen LogP contribution in [0.15, 0.2) is 12.1 Å². The van der Waals surface area contributed by atoms with Crippen molar-refractivity contribution >= 4 is 6.29 Å². The molecule has 0 unspecified atom stereocenters. The third-order valence-corrected chi connectivity index (χ3v) is 2.46. The summed E-state index contributed by atoms with van der Waals surface area (Å²) in [7, 11) is 0. The van der Waals surface area contributed by atoms with Gasteiger partial charge in [0.1, 0.15) is 0 Å². The lowest BCUT2D eigenvalue weighted by Gasteiger charge is -2.09. The van der Waals surface area contributed by atoms with E-state index >= 15 is 0 Å². The van der Waals surface area contributed by atoms with Crippen LogP contribution in [0.5, 0.6) is 0 Å². The van der Waals surface area contributed by atoms with Crippen molar-refractivity contribution in [2.45, 2.75) is 33.6 Å². The van der Waals surface area contributed by atoms with Gasteiger partial charge in [-0.15, -0.1) is 0 Å². The van der Waals surface area contributed by atoms with E-state index < -0.39 is 0 Å². The van der Waals surface area contributed by atoms with Gasteiger partial charge in [-0.05, 0) is 36.8 Å². The summed E-state index contributed by atoms with van der Waals surface area (Å²) in [6.07, 6.45) is 2.56. The number of carbonyl (C=O) groups is 1. The zero-order chi connectivity index (χ0) is 11.3. The molecule has 0 bridgehead atoms. The summed E-state index contributed by atoms with van der Waals surface area (Å²) >= 11 is 0. The minimum Gasteiger partial charge on any atom is -0.289 e. The Balaban J connectivity index is 3.36. The van der Waals surface area contributed by atoms with Crippen LogP contribution in [0.2, 0.25) is 0 Å². The predicted octanol–water partition coefficient (Wildman–Crippen LogP) is 2.67. The van der Waals surface area contributed by atoms with Crippen molar-refractivity contribution < 1.29 is 4.79 Å². The molecule has 0 radical (unpaired) electrons. The Morgan fingerprint density at radius 1 is 1.20 bits per heavy atom. The molecule has 0 fully saturated rings. The molecule has 0 saturated heterocycles. The van der Waals surface area contributed by atoms with Crippen LogP contribution < -0.4 is 0 Å². The Hall–Kier alpha value is -1.55. The van der Waals surface area contributed by atoms with Gasteiger partial charge in [0.25, 0.3) is 0 Å². The standard InChI is InChI=1S/C14H16O/c1-4-12-9-11(3)10-13(5-2)14(12)7-6-8-15/h8-10H,4-5H2,1-3H3. The minimum absolute atomic E-state index is 0.652. The zero-order valence-corrected chi connectivity index (χ0v) is 9.55. The average Bonchev–Trinajstić information content (AvgIpc) is 2.26. The number of hydrogen-bond donors (Lipinski definition) is 0. The first kappa shape index (κ1) is 11.5. The lowest BCUT2D eigenvalue weighted by Crippen LogP contribution is -1.96. The SMILES string of the molecule is CCc1cc(C)cc(CC)c1C#CC=O. The zero-order valence-electron chi connectivity index (χ0n) is 9.55.